The smallest absolute Gasteiger partial charge is 0.229 e. The van der Waals surface area contributed by atoms with Gasteiger partial charge in [-0.15, -0.1) is 0 Å². The van der Waals surface area contributed by atoms with Crippen molar-refractivity contribution in [3.63, 3.8) is 0 Å². The molecule has 0 saturated heterocycles. The van der Waals surface area contributed by atoms with Crippen LogP contribution in [0.4, 0.5) is 5.69 Å². The number of Topliss-reactive ketones (excluding diaryl/α,β-unsaturated/α-hetero) is 1. The number of nitrogens with zero attached hydrogens (tertiary/aromatic N) is 1. The fourth-order valence-corrected chi connectivity index (χ4v) is 4.52. The number of hydrogen-bond acceptors (Lipinski definition) is 4. The summed E-state index contributed by atoms with van der Waals surface area (Å²) in [6, 6.07) is 13.5. The van der Waals surface area contributed by atoms with Gasteiger partial charge in [0.05, 0.1) is 11.8 Å². The van der Waals surface area contributed by atoms with Crippen LogP contribution in [0, 0.1) is 0 Å². The molecule has 1 heterocycles. The third kappa shape index (κ3) is 5.06. The van der Waals surface area contributed by atoms with Gasteiger partial charge in [0.25, 0.3) is 0 Å². The predicted octanol–water partition coefficient (Wildman–Crippen LogP) is 5.87. The molecular formula is C27H28N2O3S. The second kappa shape index (κ2) is 8.27. The van der Waals surface area contributed by atoms with Crippen molar-refractivity contribution in [3.8, 4) is 11.1 Å². The van der Waals surface area contributed by atoms with E-state index in [0.29, 0.717) is 17.7 Å². The summed E-state index contributed by atoms with van der Waals surface area (Å²) in [4.78, 5) is 17.6. The number of sulfonamides is 1. The van der Waals surface area contributed by atoms with Crippen molar-refractivity contribution >= 4 is 38.0 Å². The molecule has 4 rings (SSSR count). The van der Waals surface area contributed by atoms with Gasteiger partial charge in [-0.2, -0.15) is 0 Å². The van der Waals surface area contributed by atoms with Crippen LogP contribution in [0.2, 0.25) is 0 Å². The fourth-order valence-electron chi connectivity index (χ4n) is 3.96. The molecule has 6 heteroatoms. The molecule has 1 aliphatic rings. The Hall–Kier alpha value is -3.25. The molecule has 0 bridgehead atoms. The summed E-state index contributed by atoms with van der Waals surface area (Å²) in [5.74, 6) is 0.113. The van der Waals surface area contributed by atoms with Gasteiger partial charge < -0.3 is 0 Å². The molecule has 5 nitrogen and oxygen atoms in total. The van der Waals surface area contributed by atoms with Crippen LogP contribution < -0.4 is 4.72 Å². The van der Waals surface area contributed by atoms with Crippen molar-refractivity contribution < 1.29 is 13.2 Å². The first-order chi connectivity index (χ1) is 15.4. The number of fused-ring (bicyclic) bond motifs is 1. The van der Waals surface area contributed by atoms with Crippen molar-refractivity contribution in [2.24, 2.45) is 0 Å². The highest BCUT2D eigenvalue weighted by atomic mass is 32.2. The molecule has 170 valence electrons. The van der Waals surface area contributed by atoms with Crippen LogP contribution in [0.25, 0.3) is 27.6 Å². The predicted molar refractivity (Wildman–Crippen MR) is 136 cm³/mol. The number of hydrogen-bond donors (Lipinski definition) is 1. The van der Waals surface area contributed by atoms with E-state index in [0.717, 1.165) is 45.0 Å². The Morgan fingerprint density at radius 3 is 2.27 bits per heavy atom. The van der Waals surface area contributed by atoms with Crippen molar-refractivity contribution in [2.75, 3.05) is 11.0 Å². The van der Waals surface area contributed by atoms with Crippen LogP contribution in [-0.4, -0.2) is 25.4 Å². The fraction of sp³-hybridized carbons (Fsp3) is 0.259. The zero-order valence-electron chi connectivity index (χ0n) is 19.6. The van der Waals surface area contributed by atoms with Crippen LogP contribution in [-0.2, 0) is 20.2 Å². The van der Waals surface area contributed by atoms with Gasteiger partial charge in [-0.1, -0.05) is 50.6 Å². The Labute approximate surface area is 195 Å². The number of aromatic nitrogens is 1. The van der Waals surface area contributed by atoms with Gasteiger partial charge >= 0.3 is 0 Å². The molecule has 0 amide bonds. The van der Waals surface area contributed by atoms with E-state index in [-0.39, 0.29) is 11.2 Å². The number of pyridine rings is 1. The van der Waals surface area contributed by atoms with Gasteiger partial charge in [-0.25, -0.2) is 8.42 Å². The summed E-state index contributed by atoms with van der Waals surface area (Å²) in [6.07, 6.45) is 7.27. The summed E-state index contributed by atoms with van der Waals surface area (Å²) < 4.78 is 25.4. The van der Waals surface area contributed by atoms with Crippen molar-refractivity contribution in [1.82, 2.24) is 4.98 Å². The minimum absolute atomic E-state index is 0.0953. The van der Waals surface area contributed by atoms with E-state index >= 15 is 0 Å². The molecule has 0 spiro atoms. The average molecular weight is 461 g/mol. The minimum Gasteiger partial charge on any atom is -0.294 e. The molecule has 0 atom stereocenters. The quantitative estimate of drug-likeness (QED) is 0.528. The highest BCUT2D eigenvalue weighted by Gasteiger charge is 2.22. The van der Waals surface area contributed by atoms with Crippen LogP contribution in [0.3, 0.4) is 0 Å². The third-order valence-corrected chi connectivity index (χ3v) is 6.34. The Kier molecular flexibility index (Phi) is 5.74. The number of rotatable bonds is 4. The molecular weight excluding hydrogens is 432 g/mol. The van der Waals surface area contributed by atoms with Gasteiger partial charge in [0.1, 0.15) is 0 Å². The molecule has 1 N–H and O–H groups in total. The Balaban J connectivity index is 1.84. The van der Waals surface area contributed by atoms with Crippen molar-refractivity contribution in [3.05, 3.63) is 77.5 Å². The monoisotopic (exact) mass is 460 g/mol. The number of allylic oxidation sites excluding steroid dienone is 4. The first kappa shape index (κ1) is 22.9. The van der Waals surface area contributed by atoms with E-state index in [9.17, 15) is 13.2 Å². The highest BCUT2D eigenvalue weighted by Crippen LogP contribution is 2.35. The number of nitrogens with one attached hydrogen (secondary N) is 1. The van der Waals surface area contributed by atoms with Crippen LogP contribution in [0.15, 0.2) is 66.4 Å². The van der Waals surface area contributed by atoms with E-state index in [1.54, 1.807) is 18.3 Å². The number of anilines is 1. The van der Waals surface area contributed by atoms with Gasteiger partial charge in [0.15, 0.2) is 5.78 Å². The molecule has 33 heavy (non-hydrogen) atoms. The number of carbonyl (C=O) groups is 1. The summed E-state index contributed by atoms with van der Waals surface area (Å²) >= 11 is 0. The lowest BCUT2D eigenvalue weighted by atomic mass is 9.82. The highest BCUT2D eigenvalue weighted by molar-refractivity contribution is 7.92. The van der Waals surface area contributed by atoms with Gasteiger partial charge in [0.2, 0.25) is 10.0 Å². The number of carbonyl (C=O) groups excluding carboxylic acids is 1. The average Bonchev–Trinajstić information content (AvgIpc) is 2.71. The van der Waals surface area contributed by atoms with Crippen molar-refractivity contribution in [2.45, 2.75) is 39.5 Å². The van der Waals surface area contributed by atoms with Crippen molar-refractivity contribution in [1.29, 1.82) is 0 Å². The molecule has 1 aromatic heterocycles. The van der Waals surface area contributed by atoms with Gasteiger partial charge in [-0.05, 0) is 53.8 Å². The van der Waals surface area contributed by atoms with Crippen LogP contribution >= 0.6 is 0 Å². The van der Waals surface area contributed by atoms with Crippen LogP contribution in [0.5, 0.6) is 0 Å². The zero-order valence-corrected chi connectivity index (χ0v) is 20.4. The molecule has 0 aliphatic heterocycles. The maximum atomic E-state index is 12.8. The lowest BCUT2D eigenvalue weighted by Gasteiger charge is -2.22. The third-order valence-electron chi connectivity index (χ3n) is 5.74. The number of ketones is 1. The summed E-state index contributed by atoms with van der Waals surface area (Å²) in [5, 5.41) is 0.966. The molecule has 1 aliphatic carbocycles. The van der Waals surface area contributed by atoms with Gasteiger partial charge in [-0.3, -0.25) is 14.5 Å². The second-order valence-corrected chi connectivity index (χ2v) is 11.5. The van der Waals surface area contributed by atoms with E-state index < -0.39 is 10.0 Å². The minimum atomic E-state index is -3.33. The normalized spacial score (nSPS) is 14.8. The first-order valence-corrected chi connectivity index (χ1v) is 12.7. The lowest BCUT2D eigenvalue weighted by Crippen LogP contribution is -2.13. The molecule has 0 radical (unpaired) electrons. The van der Waals surface area contributed by atoms with E-state index in [2.05, 4.69) is 43.7 Å². The molecule has 0 saturated carbocycles. The lowest BCUT2D eigenvalue weighted by molar-refractivity contribution is -0.113. The maximum Gasteiger partial charge on any atom is 0.229 e. The second-order valence-electron chi connectivity index (χ2n) is 9.71. The summed E-state index contributed by atoms with van der Waals surface area (Å²) in [6.45, 7) is 8.44. The Morgan fingerprint density at radius 2 is 1.67 bits per heavy atom. The Bertz CT molecular complexity index is 1420. The van der Waals surface area contributed by atoms with E-state index in [1.165, 1.54) is 0 Å². The molecule has 3 aromatic rings. The maximum absolute atomic E-state index is 12.8. The zero-order chi connectivity index (χ0) is 24.0. The largest absolute Gasteiger partial charge is 0.294 e. The molecule has 2 aromatic carbocycles. The first-order valence-electron chi connectivity index (χ1n) is 10.8. The molecule has 0 fully saturated rings. The topological polar surface area (TPSA) is 76.1 Å². The Morgan fingerprint density at radius 1 is 0.970 bits per heavy atom. The standard InChI is InChI=1S/C27H28N2O3S/c1-17-6-11-23(25(30)12-17)24-15-21(27(2,3)4)14-19-13-20(16-28-26(19)24)18-7-9-22(10-8-18)29-33(5,31)32/h6-11,13-16,29H,12H2,1-5H3. The SMILES string of the molecule is CC1=CC=C(c2cc(C(C)(C)C)cc3cc(-c4ccc(NS(C)(=O)=O)cc4)cnc23)C(=O)C1. The van der Waals surface area contributed by atoms with E-state index in [4.69, 9.17) is 4.98 Å². The van der Waals surface area contributed by atoms with Gasteiger partial charge in [0, 0.05) is 40.4 Å². The van der Waals surface area contributed by atoms with E-state index in [1.807, 2.05) is 31.2 Å². The summed E-state index contributed by atoms with van der Waals surface area (Å²) in [5.41, 5.74) is 6.83. The van der Waals surface area contributed by atoms with Crippen LogP contribution in [0.1, 0.15) is 45.2 Å². The summed E-state index contributed by atoms with van der Waals surface area (Å²) in [7, 11) is -3.33. The molecule has 0 unspecified atom stereocenters. The number of benzene rings is 2.